The third-order valence-electron chi connectivity index (χ3n) is 17.2. The van der Waals surface area contributed by atoms with Gasteiger partial charge in [-0.3, -0.25) is 0 Å². The number of ether oxygens (including phenoxy) is 1. The first-order valence-electron chi connectivity index (χ1n) is 24.2. The van der Waals surface area contributed by atoms with Crippen LogP contribution in [0.5, 0.6) is 11.5 Å². The Bertz CT molecular complexity index is 3170. The molecule has 0 saturated heterocycles. The lowest BCUT2D eigenvalue weighted by atomic mass is 9.66. The van der Waals surface area contributed by atoms with Gasteiger partial charge in [0.25, 0.3) is 0 Å². The maximum atomic E-state index is 6.66. The molecule has 1 nitrogen and oxygen atoms in total. The van der Waals surface area contributed by atoms with Crippen molar-refractivity contribution in [2.45, 2.75) is 68.6 Å². The van der Waals surface area contributed by atoms with Gasteiger partial charge in [0.1, 0.15) is 11.5 Å². The van der Waals surface area contributed by atoms with Crippen LogP contribution in [0.1, 0.15) is 113 Å². The summed E-state index contributed by atoms with van der Waals surface area (Å²) in [4.78, 5) is 0. The van der Waals surface area contributed by atoms with Crippen molar-refractivity contribution in [1.82, 2.24) is 0 Å². The van der Waals surface area contributed by atoms with E-state index in [4.69, 9.17) is 4.74 Å². The molecule has 64 heavy (non-hydrogen) atoms. The summed E-state index contributed by atoms with van der Waals surface area (Å²) >= 11 is 0. The van der Waals surface area contributed by atoms with Gasteiger partial charge in [-0.2, -0.15) is 0 Å². The van der Waals surface area contributed by atoms with E-state index >= 15 is 0 Å². The van der Waals surface area contributed by atoms with E-state index in [1.807, 2.05) is 0 Å². The fraction of sp³-hybridized carbons (Fsp3) is 0.238. The molecule has 6 unspecified atom stereocenters. The average molecular weight is 825 g/mol. The first kappa shape index (κ1) is 37.0. The van der Waals surface area contributed by atoms with Gasteiger partial charge in [0, 0.05) is 11.1 Å². The van der Waals surface area contributed by atoms with E-state index in [0.717, 1.165) is 35.2 Å². The summed E-state index contributed by atoms with van der Waals surface area (Å²) in [6.45, 7) is 0. The monoisotopic (exact) mass is 824 g/mol. The summed E-state index contributed by atoms with van der Waals surface area (Å²) in [6, 6.07) is 66.9. The molecule has 6 aliphatic rings. The van der Waals surface area contributed by atoms with Crippen LogP contribution in [0.3, 0.4) is 0 Å². The number of benzene rings is 8. The van der Waals surface area contributed by atoms with Crippen molar-refractivity contribution in [3.8, 4) is 33.8 Å². The Balaban J connectivity index is 0.951. The van der Waals surface area contributed by atoms with Crippen LogP contribution in [0.2, 0.25) is 0 Å². The molecule has 0 aromatic heterocycles. The second-order valence-corrected chi connectivity index (χ2v) is 20.2. The molecule has 1 heterocycles. The molecule has 5 aliphatic carbocycles. The first-order chi connectivity index (χ1) is 31.7. The summed E-state index contributed by atoms with van der Waals surface area (Å²) in [5.74, 6) is 6.61. The molecule has 8 aromatic carbocycles. The van der Waals surface area contributed by atoms with Crippen LogP contribution < -0.4 is 4.74 Å². The molecule has 0 N–H and O–H groups in total. The zero-order valence-corrected chi connectivity index (χ0v) is 36.3. The van der Waals surface area contributed by atoms with Gasteiger partial charge in [0.15, 0.2) is 0 Å². The first-order valence-corrected chi connectivity index (χ1v) is 24.2. The Morgan fingerprint density at radius 2 is 1.09 bits per heavy atom. The molecular formula is C63H52O. The van der Waals surface area contributed by atoms with E-state index in [9.17, 15) is 0 Å². The highest BCUT2D eigenvalue weighted by molar-refractivity contribution is 6.00. The summed E-state index contributed by atoms with van der Waals surface area (Å²) in [5.41, 5.74) is 18.1. The minimum absolute atomic E-state index is 0.481. The molecule has 8 aromatic rings. The molecule has 1 aliphatic heterocycles. The van der Waals surface area contributed by atoms with Crippen molar-refractivity contribution in [3.63, 3.8) is 0 Å². The largest absolute Gasteiger partial charge is 0.457 e. The quantitative estimate of drug-likeness (QED) is 0.152. The number of hydrogen-bond acceptors (Lipinski definition) is 1. The van der Waals surface area contributed by atoms with Crippen molar-refractivity contribution in [2.75, 3.05) is 0 Å². The fourth-order valence-electron chi connectivity index (χ4n) is 14.5. The average Bonchev–Trinajstić information content (AvgIpc) is 4.22. The standard InChI is InChI=1S/C63H52O/c1-2-15-48-47(14-1)46(29-30-51(48)54-37-41-25-27-44(54)34-41)42-13-11-12-39(32-42)35-55(50-17-4-3-16-49(50)53-36-40-24-26-43(53)33-40)45-28-31-58-56(38-45)52-18-5-6-19-57(52)63(58)59-20-7-9-22-61(59)64-62-23-10-8-21-60(62)63/h1-23,28-32,35,38,40-41,43-44,53-54H,24-27,33-34,36-37H2/b55-35-. The van der Waals surface area contributed by atoms with Crippen LogP contribution in [0.15, 0.2) is 176 Å². The van der Waals surface area contributed by atoms with Crippen LogP contribution in [0, 0.1) is 23.7 Å². The van der Waals surface area contributed by atoms with Crippen LogP contribution >= 0.6 is 0 Å². The molecule has 0 amide bonds. The lowest BCUT2D eigenvalue weighted by Crippen LogP contribution is -2.32. The number of fused-ring (bicyclic) bond motifs is 14. The van der Waals surface area contributed by atoms with E-state index in [2.05, 4.69) is 182 Å². The van der Waals surface area contributed by atoms with Crippen molar-refractivity contribution in [2.24, 2.45) is 23.7 Å². The zero-order chi connectivity index (χ0) is 41.9. The van der Waals surface area contributed by atoms with Gasteiger partial charge in [-0.05, 0) is 182 Å². The second-order valence-electron chi connectivity index (χ2n) is 20.2. The summed E-state index contributed by atoms with van der Waals surface area (Å²) in [7, 11) is 0. The van der Waals surface area contributed by atoms with E-state index in [-0.39, 0.29) is 0 Å². The van der Waals surface area contributed by atoms with E-state index < -0.39 is 5.41 Å². The second kappa shape index (κ2) is 14.3. The fourth-order valence-corrected chi connectivity index (χ4v) is 14.5. The molecule has 1 heteroatoms. The van der Waals surface area contributed by atoms with Crippen molar-refractivity contribution < 1.29 is 4.74 Å². The van der Waals surface area contributed by atoms with Gasteiger partial charge < -0.3 is 4.74 Å². The number of para-hydroxylation sites is 2. The Morgan fingerprint density at radius 1 is 0.453 bits per heavy atom. The Hall–Kier alpha value is -6.44. The SMILES string of the molecule is C(=C(\c1ccc2c(c1)-c1ccccc1C21c2ccccc2Oc2ccccc21)c1ccccc1C1CC2CCC1C2)/c1cccc(-c2ccc(C3CC4CCC3C4)c3ccccc23)c1. The van der Waals surface area contributed by atoms with Gasteiger partial charge in [0.2, 0.25) is 0 Å². The van der Waals surface area contributed by atoms with Crippen molar-refractivity contribution in [1.29, 1.82) is 0 Å². The van der Waals surface area contributed by atoms with Crippen LogP contribution in [0.25, 0.3) is 44.7 Å². The van der Waals surface area contributed by atoms with Crippen molar-refractivity contribution in [3.05, 3.63) is 226 Å². The highest BCUT2D eigenvalue weighted by Crippen LogP contribution is 2.63. The zero-order valence-electron chi connectivity index (χ0n) is 36.3. The molecule has 4 fully saturated rings. The molecule has 14 rings (SSSR count). The maximum Gasteiger partial charge on any atom is 0.132 e. The Labute approximate surface area is 377 Å². The topological polar surface area (TPSA) is 9.23 Å². The van der Waals surface area contributed by atoms with Gasteiger partial charge in [-0.1, -0.05) is 165 Å². The Kier molecular flexibility index (Phi) is 8.25. The number of rotatable bonds is 6. The maximum absolute atomic E-state index is 6.66. The Morgan fingerprint density at radius 3 is 1.83 bits per heavy atom. The van der Waals surface area contributed by atoms with Crippen LogP contribution in [-0.2, 0) is 5.41 Å². The van der Waals surface area contributed by atoms with Crippen LogP contribution in [-0.4, -0.2) is 0 Å². The molecule has 310 valence electrons. The number of hydrogen-bond donors (Lipinski definition) is 0. The van der Waals surface area contributed by atoms with Gasteiger partial charge in [-0.25, -0.2) is 0 Å². The molecule has 1 spiro atoms. The minimum atomic E-state index is -0.481. The third kappa shape index (κ3) is 5.43. The highest BCUT2D eigenvalue weighted by atomic mass is 16.5. The molecular weight excluding hydrogens is 773 g/mol. The van der Waals surface area contributed by atoms with Gasteiger partial charge in [0.05, 0.1) is 5.41 Å². The molecule has 4 bridgehead atoms. The van der Waals surface area contributed by atoms with E-state index in [1.165, 1.54) is 134 Å². The molecule has 4 saturated carbocycles. The molecule has 0 radical (unpaired) electrons. The van der Waals surface area contributed by atoms with Gasteiger partial charge in [-0.15, -0.1) is 0 Å². The predicted molar refractivity (Wildman–Crippen MR) is 263 cm³/mol. The van der Waals surface area contributed by atoms with Gasteiger partial charge >= 0.3 is 0 Å². The van der Waals surface area contributed by atoms with E-state index in [0.29, 0.717) is 11.8 Å². The summed E-state index contributed by atoms with van der Waals surface area (Å²) in [6.07, 6.45) is 13.6. The molecule has 6 atom stereocenters. The summed E-state index contributed by atoms with van der Waals surface area (Å²) < 4.78 is 6.66. The van der Waals surface area contributed by atoms with E-state index in [1.54, 1.807) is 5.56 Å². The third-order valence-corrected chi connectivity index (χ3v) is 17.2. The lowest BCUT2D eigenvalue weighted by Gasteiger charge is -2.39. The minimum Gasteiger partial charge on any atom is -0.457 e. The summed E-state index contributed by atoms with van der Waals surface area (Å²) in [5, 5.41) is 2.83. The van der Waals surface area contributed by atoms with Crippen LogP contribution in [0.4, 0.5) is 0 Å². The lowest BCUT2D eigenvalue weighted by molar-refractivity contribution is 0.419. The normalized spacial score (nSPS) is 24.1. The smallest absolute Gasteiger partial charge is 0.132 e. The predicted octanol–water partition coefficient (Wildman–Crippen LogP) is 16.4. The highest BCUT2D eigenvalue weighted by Gasteiger charge is 2.51. The van der Waals surface area contributed by atoms with Crippen molar-refractivity contribution >= 4 is 22.4 Å².